The van der Waals surface area contributed by atoms with Crippen LogP contribution in [0.15, 0.2) is 48.5 Å². The van der Waals surface area contributed by atoms with Gasteiger partial charge >= 0.3 is 11.9 Å². The molecule has 0 spiro atoms. The molecule has 0 aliphatic carbocycles. The maximum atomic E-state index is 11.8. The van der Waals surface area contributed by atoms with E-state index in [-0.39, 0.29) is 23.5 Å². The highest BCUT2D eigenvalue weighted by Gasteiger charge is 2.21. The van der Waals surface area contributed by atoms with E-state index in [0.29, 0.717) is 0 Å². The second-order valence-electron chi connectivity index (χ2n) is 4.70. The number of rotatable bonds is 4. The van der Waals surface area contributed by atoms with Crippen LogP contribution in [0.5, 0.6) is 11.5 Å². The molecule has 0 aliphatic rings. The monoisotopic (exact) mass is 301 g/mol. The molecule has 0 unspecified atom stereocenters. The van der Waals surface area contributed by atoms with E-state index in [0.717, 1.165) is 5.56 Å². The van der Waals surface area contributed by atoms with E-state index < -0.39 is 18.0 Å². The van der Waals surface area contributed by atoms with Crippen LogP contribution in [0.1, 0.15) is 15.9 Å². The summed E-state index contributed by atoms with van der Waals surface area (Å²) in [6.45, 7) is 0. The van der Waals surface area contributed by atoms with Crippen LogP contribution in [0.25, 0.3) is 0 Å². The number of phenols is 2. The lowest BCUT2D eigenvalue weighted by atomic mass is 10.1. The Morgan fingerprint density at radius 2 is 1.68 bits per heavy atom. The number of ether oxygens (including phenoxy) is 1. The smallest absolute Gasteiger partial charge is 0.349 e. The van der Waals surface area contributed by atoms with Gasteiger partial charge in [0.2, 0.25) is 0 Å². The number of carbonyl (C=O) groups is 2. The zero-order chi connectivity index (χ0) is 16.1. The Bertz CT molecular complexity index is 681. The molecule has 6 nitrogen and oxygen atoms in total. The van der Waals surface area contributed by atoms with Gasteiger partial charge in [0.1, 0.15) is 23.1 Å². The van der Waals surface area contributed by atoms with E-state index in [2.05, 4.69) is 4.74 Å². The third-order valence-electron chi connectivity index (χ3n) is 3.01. The minimum atomic E-state index is -1.03. The van der Waals surface area contributed by atoms with Gasteiger partial charge < -0.3 is 20.7 Å². The number of esters is 2. The van der Waals surface area contributed by atoms with E-state index in [9.17, 15) is 19.8 Å². The number of para-hydroxylation sites is 1. The lowest BCUT2D eigenvalue weighted by Crippen LogP contribution is -2.35. The lowest BCUT2D eigenvalue weighted by Gasteiger charge is -2.11. The molecule has 2 aromatic rings. The SMILES string of the molecule is N[C@@H](Cc1ccc(O)cc1)C(=O)OC(=O)c1ccccc1O. The molecule has 0 saturated carbocycles. The molecule has 114 valence electrons. The van der Waals surface area contributed by atoms with Gasteiger partial charge in [0.05, 0.1) is 0 Å². The molecule has 0 amide bonds. The molecule has 2 rings (SSSR count). The average Bonchev–Trinajstić information content (AvgIpc) is 2.49. The Labute approximate surface area is 126 Å². The van der Waals surface area contributed by atoms with Gasteiger partial charge in [0, 0.05) is 0 Å². The van der Waals surface area contributed by atoms with Crippen LogP contribution >= 0.6 is 0 Å². The highest BCUT2D eigenvalue weighted by molar-refractivity contribution is 5.99. The van der Waals surface area contributed by atoms with E-state index in [1.54, 1.807) is 18.2 Å². The predicted octanol–water partition coefficient (Wildman–Crippen LogP) is 1.35. The minimum Gasteiger partial charge on any atom is -0.508 e. The first-order chi connectivity index (χ1) is 10.5. The van der Waals surface area contributed by atoms with Crippen molar-refractivity contribution in [1.29, 1.82) is 0 Å². The average molecular weight is 301 g/mol. The molecule has 0 aliphatic heterocycles. The maximum absolute atomic E-state index is 11.8. The van der Waals surface area contributed by atoms with Crippen LogP contribution in [-0.4, -0.2) is 28.2 Å². The molecular weight excluding hydrogens is 286 g/mol. The maximum Gasteiger partial charge on any atom is 0.349 e. The first-order valence-corrected chi connectivity index (χ1v) is 6.55. The van der Waals surface area contributed by atoms with Crippen molar-refractivity contribution in [3.8, 4) is 11.5 Å². The Morgan fingerprint density at radius 3 is 2.32 bits per heavy atom. The number of carbonyl (C=O) groups excluding carboxylic acids is 2. The van der Waals surface area contributed by atoms with E-state index in [1.807, 2.05) is 0 Å². The number of nitrogens with two attached hydrogens (primary N) is 1. The summed E-state index contributed by atoms with van der Waals surface area (Å²) in [5.74, 6) is -2.01. The Kier molecular flexibility index (Phi) is 4.75. The summed E-state index contributed by atoms with van der Waals surface area (Å²) in [7, 11) is 0. The summed E-state index contributed by atoms with van der Waals surface area (Å²) in [5, 5.41) is 18.7. The van der Waals surface area contributed by atoms with Crippen LogP contribution < -0.4 is 5.73 Å². The second kappa shape index (κ2) is 6.73. The van der Waals surface area contributed by atoms with Crippen LogP contribution in [0.4, 0.5) is 0 Å². The summed E-state index contributed by atoms with van der Waals surface area (Å²) < 4.78 is 4.66. The van der Waals surface area contributed by atoms with Gasteiger partial charge in [-0.15, -0.1) is 0 Å². The molecule has 1 atom stereocenters. The quantitative estimate of drug-likeness (QED) is 0.581. The Balaban J connectivity index is 1.98. The fraction of sp³-hybridized carbons (Fsp3) is 0.125. The van der Waals surface area contributed by atoms with Crippen molar-refractivity contribution < 1.29 is 24.5 Å². The highest BCUT2D eigenvalue weighted by atomic mass is 16.6. The third-order valence-corrected chi connectivity index (χ3v) is 3.01. The van der Waals surface area contributed by atoms with Gasteiger partial charge in [-0.2, -0.15) is 0 Å². The van der Waals surface area contributed by atoms with Crippen molar-refractivity contribution in [2.24, 2.45) is 5.73 Å². The lowest BCUT2D eigenvalue weighted by molar-refractivity contribution is -0.139. The summed E-state index contributed by atoms with van der Waals surface area (Å²) in [4.78, 5) is 23.6. The molecular formula is C16H15NO5. The normalized spacial score (nSPS) is 11.7. The predicted molar refractivity (Wildman–Crippen MR) is 78.3 cm³/mol. The molecule has 0 saturated heterocycles. The van der Waals surface area contributed by atoms with Gasteiger partial charge in [0.25, 0.3) is 0 Å². The number of hydrogen-bond donors (Lipinski definition) is 3. The van der Waals surface area contributed by atoms with Gasteiger partial charge in [-0.3, -0.25) is 0 Å². The van der Waals surface area contributed by atoms with Crippen molar-refractivity contribution in [2.45, 2.75) is 12.5 Å². The van der Waals surface area contributed by atoms with Crippen molar-refractivity contribution >= 4 is 11.9 Å². The summed E-state index contributed by atoms with van der Waals surface area (Å²) >= 11 is 0. The van der Waals surface area contributed by atoms with Crippen LogP contribution in [0.3, 0.4) is 0 Å². The number of aromatic hydroxyl groups is 2. The minimum absolute atomic E-state index is 0.104. The number of phenolic OH excluding ortho intramolecular Hbond substituents is 2. The molecule has 0 aromatic heterocycles. The van der Waals surface area contributed by atoms with E-state index in [4.69, 9.17) is 5.73 Å². The topological polar surface area (TPSA) is 110 Å². The molecule has 22 heavy (non-hydrogen) atoms. The summed E-state index contributed by atoms with van der Waals surface area (Å²) in [6.07, 6.45) is 0.160. The van der Waals surface area contributed by atoms with Gasteiger partial charge in [0.15, 0.2) is 0 Å². The van der Waals surface area contributed by atoms with Gasteiger partial charge in [-0.05, 0) is 36.2 Å². The Morgan fingerprint density at radius 1 is 1.05 bits per heavy atom. The van der Waals surface area contributed by atoms with Crippen LogP contribution in [-0.2, 0) is 16.0 Å². The molecule has 6 heteroatoms. The van der Waals surface area contributed by atoms with Crippen molar-refractivity contribution in [1.82, 2.24) is 0 Å². The zero-order valence-corrected chi connectivity index (χ0v) is 11.6. The van der Waals surface area contributed by atoms with E-state index >= 15 is 0 Å². The van der Waals surface area contributed by atoms with E-state index in [1.165, 1.54) is 30.3 Å². The first kappa shape index (κ1) is 15.5. The van der Waals surface area contributed by atoms with Crippen molar-refractivity contribution in [2.75, 3.05) is 0 Å². The molecule has 0 fully saturated rings. The fourth-order valence-electron chi connectivity index (χ4n) is 1.84. The molecule has 4 N–H and O–H groups in total. The highest BCUT2D eigenvalue weighted by Crippen LogP contribution is 2.17. The molecule has 0 heterocycles. The molecule has 2 aromatic carbocycles. The summed E-state index contributed by atoms with van der Waals surface area (Å²) in [6, 6.07) is 10.9. The molecule has 0 bridgehead atoms. The number of hydrogen-bond acceptors (Lipinski definition) is 6. The van der Waals surface area contributed by atoms with Gasteiger partial charge in [-0.1, -0.05) is 24.3 Å². The largest absolute Gasteiger partial charge is 0.508 e. The van der Waals surface area contributed by atoms with Crippen molar-refractivity contribution in [3.63, 3.8) is 0 Å². The Hall–Kier alpha value is -2.86. The fourth-order valence-corrected chi connectivity index (χ4v) is 1.84. The van der Waals surface area contributed by atoms with Gasteiger partial charge in [-0.25, -0.2) is 9.59 Å². The zero-order valence-electron chi connectivity index (χ0n) is 11.6. The number of benzene rings is 2. The standard InChI is InChI=1S/C16H15NO5/c17-13(9-10-5-7-11(18)8-6-10)16(21)22-15(20)12-3-1-2-4-14(12)19/h1-8,13,18-19H,9,17H2/t13-/m0/s1. The first-order valence-electron chi connectivity index (χ1n) is 6.55. The second-order valence-corrected chi connectivity index (χ2v) is 4.70. The third kappa shape index (κ3) is 3.83. The van der Waals surface area contributed by atoms with Crippen molar-refractivity contribution in [3.05, 3.63) is 59.7 Å². The van der Waals surface area contributed by atoms with Crippen LogP contribution in [0, 0.1) is 0 Å². The van der Waals surface area contributed by atoms with Crippen LogP contribution in [0.2, 0.25) is 0 Å². The summed E-state index contributed by atoms with van der Waals surface area (Å²) in [5.41, 5.74) is 6.32. The molecule has 0 radical (unpaired) electrons.